The molecule has 0 unspecified atom stereocenters. The molecule has 2 aromatic rings. The van der Waals surface area contributed by atoms with Crippen LogP contribution in [0, 0.1) is 6.92 Å². The monoisotopic (exact) mass is 234 g/mol. The maximum Gasteiger partial charge on any atom is 0.157 e. The number of aromatic hydroxyl groups is 2. The Morgan fingerprint density at radius 3 is 2.65 bits per heavy atom. The number of nitrogens with zero attached hydrogens (tertiary/aromatic N) is 1. The van der Waals surface area contributed by atoms with Crippen molar-refractivity contribution in [2.45, 2.75) is 20.0 Å². The summed E-state index contributed by atoms with van der Waals surface area (Å²) in [6, 6.07) is 6.60. The summed E-state index contributed by atoms with van der Waals surface area (Å²) in [7, 11) is 0. The number of hydrogen-bond donors (Lipinski definition) is 3. The molecule has 1 aromatic heterocycles. The van der Waals surface area contributed by atoms with E-state index in [2.05, 4.69) is 10.5 Å². The second kappa shape index (κ2) is 4.88. The van der Waals surface area contributed by atoms with Crippen molar-refractivity contribution < 1.29 is 14.7 Å². The van der Waals surface area contributed by atoms with E-state index in [0.717, 1.165) is 17.0 Å². The van der Waals surface area contributed by atoms with E-state index in [1.807, 2.05) is 13.0 Å². The van der Waals surface area contributed by atoms with Gasteiger partial charge < -0.3 is 20.1 Å². The van der Waals surface area contributed by atoms with Gasteiger partial charge in [-0.2, -0.15) is 0 Å². The van der Waals surface area contributed by atoms with Crippen molar-refractivity contribution in [3.05, 3.63) is 41.3 Å². The van der Waals surface area contributed by atoms with E-state index in [0.29, 0.717) is 13.1 Å². The molecule has 17 heavy (non-hydrogen) atoms. The van der Waals surface area contributed by atoms with E-state index in [-0.39, 0.29) is 11.5 Å². The largest absolute Gasteiger partial charge is 0.504 e. The fourth-order valence-corrected chi connectivity index (χ4v) is 1.52. The molecule has 0 atom stereocenters. The van der Waals surface area contributed by atoms with Crippen LogP contribution in [0.5, 0.6) is 11.5 Å². The molecule has 0 fully saturated rings. The van der Waals surface area contributed by atoms with Crippen molar-refractivity contribution in [3.8, 4) is 11.5 Å². The van der Waals surface area contributed by atoms with Gasteiger partial charge in [0.05, 0.1) is 5.69 Å². The lowest BCUT2D eigenvalue weighted by molar-refractivity contribution is 0.388. The van der Waals surface area contributed by atoms with Gasteiger partial charge in [-0.05, 0) is 24.6 Å². The van der Waals surface area contributed by atoms with Gasteiger partial charge in [0.2, 0.25) is 0 Å². The van der Waals surface area contributed by atoms with Crippen LogP contribution in [0.25, 0.3) is 0 Å². The molecule has 2 rings (SSSR count). The zero-order valence-electron chi connectivity index (χ0n) is 9.47. The SMILES string of the molecule is Cc1cc(CNCc2ccc(O)c(O)c2)no1. The smallest absolute Gasteiger partial charge is 0.157 e. The number of phenols is 2. The predicted molar refractivity (Wildman–Crippen MR) is 61.6 cm³/mol. The summed E-state index contributed by atoms with van der Waals surface area (Å²) in [5.41, 5.74) is 1.73. The lowest BCUT2D eigenvalue weighted by Crippen LogP contribution is -2.12. The Labute approximate surface area is 98.7 Å². The van der Waals surface area contributed by atoms with Gasteiger partial charge in [-0.1, -0.05) is 11.2 Å². The van der Waals surface area contributed by atoms with Gasteiger partial charge in [0.1, 0.15) is 5.76 Å². The van der Waals surface area contributed by atoms with Crippen LogP contribution in [0.4, 0.5) is 0 Å². The second-order valence-electron chi connectivity index (χ2n) is 3.86. The highest BCUT2D eigenvalue weighted by Gasteiger charge is 2.02. The van der Waals surface area contributed by atoms with Gasteiger partial charge in [-0.25, -0.2) is 0 Å². The van der Waals surface area contributed by atoms with Gasteiger partial charge >= 0.3 is 0 Å². The van der Waals surface area contributed by atoms with Crippen LogP contribution < -0.4 is 5.32 Å². The predicted octanol–water partition coefficient (Wildman–Crippen LogP) is 1.68. The Bertz CT molecular complexity index is 508. The third kappa shape index (κ3) is 2.98. The van der Waals surface area contributed by atoms with Gasteiger partial charge in [-0.3, -0.25) is 0 Å². The fraction of sp³-hybridized carbons (Fsp3) is 0.250. The summed E-state index contributed by atoms with van der Waals surface area (Å²) in [6.07, 6.45) is 0. The number of hydrogen-bond acceptors (Lipinski definition) is 5. The maximum absolute atomic E-state index is 9.31. The number of aryl methyl sites for hydroxylation is 1. The lowest BCUT2D eigenvalue weighted by atomic mass is 10.2. The van der Waals surface area contributed by atoms with E-state index in [9.17, 15) is 5.11 Å². The standard InChI is InChI=1S/C12H14N2O3/c1-8-4-10(14-17-8)7-13-6-9-2-3-11(15)12(16)5-9/h2-5,13,15-16H,6-7H2,1H3. The molecule has 1 heterocycles. The minimum Gasteiger partial charge on any atom is -0.504 e. The molecule has 0 saturated carbocycles. The molecule has 90 valence electrons. The Morgan fingerprint density at radius 2 is 2.00 bits per heavy atom. The molecule has 5 heteroatoms. The molecule has 5 nitrogen and oxygen atoms in total. The number of aromatic nitrogens is 1. The lowest BCUT2D eigenvalue weighted by Gasteiger charge is -2.04. The first kappa shape index (κ1) is 11.5. The number of benzene rings is 1. The van der Waals surface area contributed by atoms with E-state index in [1.54, 1.807) is 6.07 Å². The van der Waals surface area contributed by atoms with Crippen LogP contribution in [0.1, 0.15) is 17.0 Å². The third-order valence-electron chi connectivity index (χ3n) is 2.35. The van der Waals surface area contributed by atoms with E-state index in [1.165, 1.54) is 12.1 Å². The highest BCUT2D eigenvalue weighted by Crippen LogP contribution is 2.24. The van der Waals surface area contributed by atoms with Crippen LogP contribution in [0.15, 0.2) is 28.8 Å². The average Bonchev–Trinajstić information content (AvgIpc) is 2.70. The van der Waals surface area contributed by atoms with Crippen molar-refractivity contribution >= 4 is 0 Å². The van der Waals surface area contributed by atoms with E-state index < -0.39 is 0 Å². The summed E-state index contributed by atoms with van der Waals surface area (Å²) in [5.74, 6) is 0.562. The van der Waals surface area contributed by atoms with Crippen molar-refractivity contribution in [2.75, 3.05) is 0 Å². The summed E-state index contributed by atoms with van der Waals surface area (Å²) < 4.78 is 4.94. The summed E-state index contributed by atoms with van der Waals surface area (Å²) in [6.45, 7) is 3.02. The molecule has 0 spiro atoms. The molecule has 0 amide bonds. The molecule has 0 bridgehead atoms. The quantitative estimate of drug-likeness (QED) is 0.701. The zero-order valence-corrected chi connectivity index (χ0v) is 9.47. The van der Waals surface area contributed by atoms with Crippen molar-refractivity contribution in [3.63, 3.8) is 0 Å². The molecule has 1 aromatic carbocycles. The summed E-state index contributed by atoms with van der Waals surface area (Å²) >= 11 is 0. The topological polar surface area (TPSA) is 78.5 Å². The Hall–Kier alpha value is -2.01. The highest BCUT2D eigenvalue weighted by molar-refractivity contribution is 5.40. The second-order valence-corrected chi connectivity index (χ2v) is 3.86. The van der Waals surface area contributed by atoms with Gasteiger partial charge in [-0.15, -0.1) is 0 Å². The van der Waals surface area contributed by atoms with E-state index >= 15 is 0 Å². The molecule has 3 N–H and O–H groups in total. The van der Waals surface area contributed by atoms with Crippen LogP contribution in [-0.4, -0.2) is 15.4 Å². The zero-order chi connectivity index (χ0) is 12.3. The van der Waals surface area contributed by atoms with Crippen molar-refractivity contribution in [1.82, 2.24) is 10.5 Å². The molecular weight excluding hydrogens is 220 g/mol. The molecule has 0 aliphatic rings. The minimum absolute atomic E-state index is 0.110. The van der Waals surface area contributed by atoms with Gasteiger partial charge in [0.15, 0.2) is 11.5 Å². The highest BCUT2D eigenvalue weighted by atomic mass is 16.5. The number of rotatable bonds is 4. The fourth-order valence-electron chi connectivity index (χ4n) is 1.52. The summed E-state index contributed by atoms with van der Waals surface area (Å²) in [5, 5.41) is 25.5. The summed E-state index contributed by atoms with van der Waals surface area (Å²) in [4.78, 5) is 0. The van der Waals surface area contributed by atoms with Crippen LogP contribution in [0.2, 0.25) is 0 Å². The molecule has 0 aliphatic carbocycles. The van der Waals surface area contributed by atoms with Crippen LogP contribution >= 0.6 is 0 Å². The first-order valence-corrected chi connectivity index (χ1v) is 5.29. The average molecular weight is 234 g/mol. The Balaban J connectivity index is 1.87. The number of phenolic OH excluding ortho intramolecular Hbond substituents is 2. The van der Waals surface area contributed by atoms with Gasteiger partial charge in [0.25, 0.3) is 0 Å². The number of nitrogens with one attached hydrogen (secondary N) is 1. The minimum atomic E-state index is -0.110. The molecular formula is C12H14N2O3. The van der Waals surface area contributed by atoms with Crippen molar-refractivity contribution in [1.29, 1.82) is 0 Å². The van der Waals surface area contributed by atoms with Crippen molar-refractivity contribution in [2.24, 2.45) is 0 Å². The van der Waals surface area contributed by atoms with E-state index in [4.69, 9.17) is 9.63 Å². The normalized spacial score (nSPS) is 10.6. The molecule has 0 aliphatic heterocycles. The van der Waals surface area contributed by atoms with Gasteiger partial charge in [0, 0.05) is 19.2 Å². The molecule has 0 radical (unpaired) electrons. The first-order valence-electron chi connectivity index (χ1n) is 5.29. The Kier molecular flexibility index (Phi) is 3.30. The molecule has 0 saturated heterocycles. The first-order chi connectivity index (χ1) is 8.15. The maximum atomic E-state index is 9.31. The van der Waals surface area contributed by atoms with Crippen LogP contribution in [-0.2, 0) is 13.1 Å². The Morgan fingerprint density at radius 1 is 1.18 bits per heavy atom. The van der Waals surface area contributed by atoms with Crippen LogP contribution in [0.3, 0.4) is 0 Å². The third-order valence-corrected chi connectivity index (χ3v) is 2.35.